The van der Waals surface area contributed by atoms with E-state index >= 15 is 0 Å². The molecule has 0 aromatic carbocycles. The first-order valence-corrected chi connectivity index (χ1v) is 11.3. The van der Waals surface area contributed by atoms with Crippen LogP contribution in [0.25, 0.3) is 0 Å². The molecule has 2 heteroatoms. The van der Waals surface area contributed by atoms with E-state index in [-0.39, 0.29) is 17.0 Å². The Morgan fingerprint density at radius 1 is 0.906 bits per heavy atom. The number of carboxylic acid groups (broad SMARTS) is 1. The summed E-state index contributed by atoms with van der Waals surface area (Å²) in [5, 5.41) is 8.89. The van der Waals surface area contributed by atoms with Gasteiger partial charge in [-0.2, -0.15) is 0 Å². The summed E-state index contributed by atoms with van der Waals surface area (Å²) in [7, 11) is 0. The number of aliphatic carboxylic acids is 1. The minimum Gasteiger partial charge on any atom is -0.478 e. The average Bonchev–Trinajstić information content (AvgIpc) is 2.73. The van der Waals surface area contributed by atoms with Crippen LogP contribution in [0.2, 0.25) is 0 Å². The first kappa shape index (κ1) is 25.4. The van der Waals surface area contributed by atoms with Gasteiger partial charge in [-0.3, -0.25) is 0 Å². The molecule has 0 saturated heterocycles. The molecule has 32 heavy (non-hydrogen) atoms. The summed E-state index contributed by atoms with van der Waals surface area (Å²) in [5.41, 5.74) is 6.60. The van der Waals surface area contributed by atoms with Gasteiger partial charge in [0.15, 0.2) is 0 Å². The SMILES string of the molecule is [3H]C(/C=C/C(C)=C/C=C/C=C(C)/C=C/C=C(C)/C=C/C1=C(C)CCCC1(C)C)=C(/C)C(=O)O. The van der Waals surface area contributed by atoms with Gasteiger partial charge in [-0.1, -0.05) is 109 Å². The van der Waals surface area contributed by atoms with Gasteiger partial charge in [-0.05, 0) is 64.9 Å². The van der Waals surface area contributed by atoms with Crippen LogP contribution >= 0.6 is 0 Å². The molecule has 0 fully saturated rings. The summed E-state index contributed by atoms with van der Waals surface area (Å²) >= 11 is 0. The van der Waals surface area contributed by atoms with E-state index in [1.165, 1.54) is 49.0 Å². The minimum absolute atomic E-state index is 0.00705. The molecule has 0 radical (unpaired) electrons. The van der Waals surface area contributed by atoms with E-state index < -0.39 is 5.97 Å². The highest BCUT2D eigenvalue weighted by molar-refractivity contribution is 5.86. The molecule has 0 bridgehead atoms. The van der Waals surface area contributed by atoms with E-state index in [4.69, 9.17) is 6.48 Å². The summed E-state index contributed by atoms with van der Waals surface area (Å²) in [6.07, 6.45) is 25.6. The first-order valence-electron chi connectivity index (χ1n) is 11.8. The molecule has 0 aromatic rings. The van der Waals surface area contributed by atoms with Gasteiger partial charge in [-0.25, -0.2) is 4.79 Å². The molecule has 0 saturated carbocycles. The molecule has 172 valence electrons. The second kappa shape index (κ2) is 13.5. The van der Waals surface area contributed by atoms with Crippen molar-refractivity contribution in [1.82, 2.24) is 0 Å². The van der Waals surface area contributed by atoms with Gasteiger partial charge < -0.3 is 5.11 Å². The van der Waals surface area contributed by atoms with Crippen LogP contribution in [-0.2, 0) is 4.79 Å². The van der Waals surface area contributed by atoms with Crippen molar-refractivity contribution in [2.75, 3.05) is 0 Å². The highest BCUT2D eigenvalue weighted by Crippen LogP contribution is 2.40. The lowest BCUT2D eigenvalue weighted by atomic mass is 9.72. The third kappa shape index (κ3) is 10.4. The van der Waals surface area contributed by atoms with Crippen molar-refractivity contribution in [2.24, 2.45) is 5.41 Å². The largest absolute Gasteiger partial charge is 0.478 e. The van der Waals surface area contributed by atoms with Crippen molar-refractivity contribution in [3.63, 3.8) is 0 Å². The molecule has 0 aliphatic heterocycles. The van der Waals surface area contributed by atoms with Crippen molar-refractivity contribution in [3.05, 3.63) is 106 Å². The fourth-order valence-electron chi connectivity index (χ4n) is 3.52. The summed E-state index contributed by atoms with van der Waals surface area (Å²) in [6.45, 7) is 14.5. The van der Waals surface area contributed by atoms with Crippen molar-refractivity contribution < 1.29 is 11.3 Å². The second-order valence-electron chi connectivity index (χ2n) is 9.15. The molecular weight excluding hydrogens is 392 g/mol. The fourth-order valence-corrected chi connectivity index (χ4v) is 3.52. The maximum atomic E-state index is 10.8. The van der Waals surface area contributed by atoms with Crippen molar-refractivity contribution >= 4 is 5.97 Å². The number of carbonyl (C=O) groups is 1. The Labute approximate surface area is 196 Å². The fraction of sp³-hybridized carbons (Fsp3) is 0.367. The molecule has 2 nitrogen and oxygen atoms in total. The average molecular weight is 435 g/mol. The van der Waals surface area contributed by atoms with Gasteiger partial charge in [0.25, 0.3) is 0 Å². The third-order valence-electron chi connectivity index (χ3n) is 5.57. The van der Waals surface area contributed by atoms with E-state index in [1.54, 1.807) is 6.08 Å². The predicted octanol–water partition coefficient (Wildman–Crippen LogP) is 8.61. The smallest absolute Gasteiger partial charge is 0.331 e. The van der Waals surface area contributed by atoms with Crippen LogP contribution in [0.4, 0.5) is 0 Å². The van der Waals surface area contributed by atoms with Crippen LogP contribution in [0, 0.1) is 5.41 Å². The third-order valence-corrected chi connectivity index (χ3v) is 5.57. The van der Waals surface area contributed by atoms with Crippen LogP contribution in [0.5, 0.6) is 0 Å². The predicted molar refractivity (Wildman–Crippen MR) is 140 cm³/mol. The molecule has 0 aromatic heterocycles. The van der Waals surface area contributed by atoms with Gasteiger partial charge in [0.1, 0.15) is 0 Å². The van der Waals surface area contributed by atoms with Crippen LogP contribution in [-0.4, -0.2) is 11.1 Å². The van der Waals surface area contributed by atoms with E-state index in [0.717, 1.165) is 11.1 Å². The van der Waals surface area contributed by atoms with Crippen molar-refractivity contribution in [2.45, 2.75) is 67.7 Å². The Morgan fingerprint density at radius 2 is 1.44 bits per heavy atom. The van der Waals surface area contributed by atoms with Gasteiger partial charge in [0.2, 0.25) is 0 Å². The standard InChI is InChI=1S/C30H40O2/c1-23(13-8-9-14-24(2)17-11-18-27(5)29(31)32)15-10-16-25(3)20-21-28-26(4)19-12-22-30(28,6)7/h8-11,13-18,20-21H,12,19,22H2,1-7H3,(H,31,32)/b9-8+,15-10+,17-11+,21-20+,23-13+,24-14+,25-16+,27-18+/i18T. The van der Waals surface area contributed by atoms with E-state index in [0.29, 0.717) is 0 Å². The minimum atomic E-state index is -1.07. The van der Waals surface area contributed by atoms with E-state index in [1.807, 2.05) is 31.2 Å². The number of rotatable bonds is 9. The lowest BCUT2D eigenvalue weighted by molar-refractivity contribution is -0.132. The zero-order chi connectivity index (χ0) is 25.0. The first-order chi connectivity index (χ1) is 15.4. The van der Waals surface area contributed by atoms with Crippen LogP contribution in [0.15, 0.2) is 106 Å². The molecule has 0 amide bonds. The molecule has 1 aliphatic rings. The summed E-state index contributed by atoms with van der Waals surface area (Å²) < 4.78 is 7.71. The van der Waals surface area contributed by atoms with Gasteiger partial charge in [-0.15, -0.1) is 0 Å². The van der Waals surface area contributed by atoms with Gasteiger partial charge in [0.05, 0.1) is 1.37 Å². The summed E-state index contributed by atoms with van der Waals surface area (Å²) in [4.78, 5) is 10.8. The quantitative estimate of drug-likeness (QED) is 0.291. The molecule has 0 unspecified atom stereocenters. The lowest BCUT2D eigenvalue weighted by Gasteiger charge is -2.32. The Balaban J connectivity index is 2.69. The monoisotopic (exact) mass is 434 g/mol. The van der Waals surface area contributed by atoms with Crippen molar-refractivity contribution in [3.8, 4) is 0 Å². The molecule has 0 atom stereocenters. The Morgan fingerprint density at radius 3 is 2.00 bits per heavy atom. The molecule has 0 spiro atoms. The summed E-state index contributed by atoms with van der Waals surface area (Å²) in [5.74, 6) is -1.07. The number of allylic oxidation sites excluding steroid dienone is 17. The topological polar surface area (TPSA) is 37.3 Å². The number of hydrogen-bond donors (Lipinski definition) is 1. The Kier molecular flexibility index (Phi) is 10.7. The van der Waals surface area contributed by atoms with Crippen LogP contribution in [0.3, 0.4) is 0 Å². The zero-order valence-electron chi connectivity index (χ0n) is 21.8. The van der Waals surface area contributed by atoms with E-state index in [2.05, 4.69) is 65.0 Å². The zero-order valence-corrected chi connectivity index (χ0v) is 20.8. The summed E-state index contributed by atoms with van der Waals surface area (Å²) in [6, 6.07) is 0.00705. The highest BCUT2D eigenvalue weighted by atomic mass is 16.4. The highest BCUT2D eigenvalue weighted by Gasteiger charge is 2.26. The van der Waals surface area contributed by atoms with Crippen molar-refractivity contribution in [1.29, 1.82) is 0 Å². The van der Waals surface area contributed by atoms with E-state index in [9.17, 15) is 4.79 Å². The van der Waals surface area contributed by atoms with Gasteiger partial charge >= 0.3 is 5.97 Å². The molecular formula is C30H40O2. The maximum Gasteiger partial charge on any atom is 0.331 e. The normalized spacial score (nSPS) is 20.1. The van der Waals surface area contributed by atoms with Crippen LogP contribution < -0.4 is 0 Å². The molecule has 0 heterocycles. The maximum absolute atomic E-state index is 10.8. The number of carboxylic acids is 1. The Hall–Kier alpha value is -2.87. The number of hydrogen-bond acceptors (Lipinski definition) is 1. The molecule has 1 N–H and O–H groups in total. The Bertz CT molecular complexity index is 986. The van der Waals surface area contributed by atoms with Crippen LogP contribution in [0.1, 0.15) is 69.1 Å². The lowest BCUT2D eigenvalue weighted by Crippen LogP contribution is -2.19. The second-order valence-corrected chi connectivity index (χ2v) is 9.15. The molecule has 1 rings (SSSR count). The molecule has 1 aliphatic carbocycles. The van der Waals surface area contributed by atoms with Gasteiger partial charge in [0, 0.05) is 5.57 Å².